The van der Waals surface area contributed by atoms with Gasteiger partial charge in [-0.2, -0.15) is 0 Å². The van der Waals surface area contributed by atoms with Crippen LogP contribution in [0.25, 0.3) is 10.8 Å². The summed E-state index contributed by atoms with van der Waals surface area (Å²) < 4.78 is 0. The number of carbonyl (C=O) groups excluding carboxylic acids is 1. The third kappa shape index (κ3) is 1.92. The number of aromatic hydroxyl groups is 1. The second-order valence-electron chi connectivity index (χ2n) is 4.75. The first-order chi connectivity index (χ1) is 8.74. The lowest BCUT2D eigenvalue weighted by atomic mass is 10.1. The fourth-order valence-corrected chi connectivity index (χ4v) is 2.47. The van der Waals surface area contributed by atoms with Crippen LogP contribution in [0.4, 0.5) is 0 Å². The van der Waals surface area contributed by atoms with E-state index in [0.29, 0.717) is 0 Å². The molecule has 3 heteroatoms. The predicted molar refractivity (Wildman–Crippen MR) is 70.8 cm³/mol. The molecule has 3 rings (SSSR count). The molecule has 2 aromatic rings. The van der Waals surface area contributed by atoms with Crippen molar-refractivity contribution in [3.05, 3.63) is 42.0 Å². The van der Waals surface area contributed by atoms with Gasteiger partial charge in [0.15, 0.2) is 0 Å². The average molecular weight is 241 g/mol. The van der Waals surface area contributed by atoms with E-state index in [9.17, 15) is 9.90 Å². The molecule has 1 aliphatic heterocycles. The molecule has 0 bridgehead atoms. The highest BCUT2D eigenvalue weighted by Crippen LogP contribution is 2.22. The zero-order valence-electron chi connectivity index (χ0n) is 10.1. The summed E-state index contributed by atoms with van der Waals surface area (Å²) in [5.74, 6) is 0.364. The van der Waals surface area contributed by atoms with Crippen LogP contribution in [0.1, 0.15) is 23.2 Å². The first-order valence-electron chi connectivity index (χ1n) is 6.26. The Morgan fingerprint density at radius 3 is 2.44 bits per heavy atom. The number of fused-ring (bicyclic) bond motifs is 1. The van der Waals surface area contributed by atoms with Gasteiger partial charge in [0.25, 0.3) is 5.91 Å². The fourth-order valence-electron chi connectivity index (χ4n) is 2.47. The minimum atomic E-state index is 0.113. The molecule has 0 aliphatic carbocycles. The smallest absolute Gasteiger partial charge is 0.253 e. The SMILES string of the molecule is O=C(c1ccc2cc(O)ccc2c1)N1CCCC1. The molecule has 0 saturated carbocycles. The van der Waals surface area contributed by atoms with Crippen LogP contribution in [0.3, 0.4) is 0 Å². The Morgan fingerprint density at radius 1 is 1.00 bits per heavy atom. The quantitative estimate of drug-likeness (QED) is 0.834. The molecule has 0 aromatic heterocycles. The van der Waals surface area contributed by atoms with Crippen LogP contribution in [-0.2, 0) is 0 Å². The lowest BCUT2D eigenvalue weighted by Gasteiger charge is -2.15. The Kier molecular flexibility index (Phi) is 2.67. The molecule has 1 heterocycles. The maximum absolute atomic E-state index is 12.2. The predicted octanol–water partition coefficient (Wildman–Crippen LogP) is 2.78. The van der Waals surface area contributed by atoms with Crippen molar-refractivity contribution in [1.29, 1.82) is 0 Å². The molecule has 0 spiro atoms. The third-order valence-corrected chi connectivity index (χ3v) is 3.46. The lowest BCUT2D eigenvalue weighted by molar-refractivity contribution is 0.0793. The fraction of sp³-hybridized carbons (Fsp3) is 0.267. The van der Waals surface area contributed by atoms with E-state index in [-0.39, 0.29) is 11.7 Å². The van der Waals surface area contributed by atoms with Gasteiger partial charge in [0.2, 0.25) is 0 Å². The zero-order valence-corrected chi connectivity index (χ0v) is 10.1. The van der Waals surface area contributed by atoms with Gasteiger partial charge in [-0.15, -0.1) is 0 Å². The van der Waals surface area contributed by atoms with Gasteiger partial charge in [-0.25, -0.2) is 0 Å². The summed E-state index contributed by atoms with van der Waals surface area (Å²) in [5, 5.41) is 11.3. The van der Waals surface area contributed by atoms with Crippen LogP contribution in [-0.4, -0.2) is 29.0 Å². The van der Waals surface area contributed by atoms with E-state index in [2.05, 4.69) is 0 Å². The van der Waals surface area contributed by atoms with Crippen molar-refractivity contribution in [1.82, 2.24) is 4.90 Å². The number of benzene rings is 2. The van der Waals surface area contributed by atoms with Gasteiger partial charge in [0, 0.05) is 18.7 Å². The van der Waals surface area contributed by atoms with Crippen LogP contribution in [0.5, 0.6) is 5.75 Å². The van der Waals surface area contributed by atoms with Crippen LogP contribution >= 0.6 is 0 Å². The highest BCUT2D eigenvalue weighted by Gasteiger charge is 2.19. The van der Waals surface area contributed by atoms with Crippen molar-refractivity contribution in [2.24, 2.45) is 0 Å². The summed E-state index contributed by atoms with van der Waals surface area (Å²) in [6, 6.07) is 10.8. The Bertz CT molecular complexity index is 600. The average Bonchev–Trinajstić information content (AvgIpc) is 2.91. The molecule has 2 aromatic carbocycles. The van der Waals surface area contributed by atoms with Gasteiger partial charge >= 0.3 is 0 Å². The zero-order chi connectivity index (χ0) is 12.5. The van der Waals surface area contributed by atoms with Crippen molar-refractivity contribution in [2.75, 3.05) is 13.1 Å². The van der Waals surface area contributed by atoms with Gasteiger partial charge in [-0.1, -0.05) is 12.1 Å². The van der Waals surface area contributed by atoms with E-state index in [1.54, 1.807) is 12.1 Å². The number of hydrogen-bond donors (Lipinski definition) is 1. The minimum Gasteiger partial charge on any atom is -0.508 e. The maximum atomic E-state index is 12.2. The number of phenols is 1. The molecule has 0 unspecified atom stereocenters. The first kappa shape index (κ1) is 11.1. The molecule has 1 fully saturated rings. The van der Waals surface area contributed by atoms with Crippen molar-refractivity contribution >= 4 is 16.7 Å². The van der Waals surface area contributed by atoms with Crippen LogP contribution in [0.15, 0.2) is 36.4 Å². The third-order valence-electron chi connectivity index (χ3n) is 3.46. The van der Waals surface area contributed by atoms with Crippen molar-refractivity contribution in [3.63, 3.8) is 0 Å². The number of hydrogen-bond acceptors (Lipinski definition) is 2. The second-order valence-corrected chi connectivity index (χ2v) is 4.75. The Morgan fingerprint density at radius 2 is 1.67 bits per heavy atom. The van der Waals surface area contributed by atoms with E-state index in [0.717, 1.165) is 42.3 Å². The normalized spacial score (nSPS) is 15.2. The van der Waals surface area contributed by atoms with E-state index in [4.69, 9.17) is 0 Å². The maximum Gasteiger partial charge on any atom is 0.253 e. The topological polar surface area (TPSA) is 40.5 Å². The van der Waals surface area contributed by atoms with Crippen molar-refractivity contribution in [2.45, 2.75) is 12.8 Å². The summed E-state index contributed by atoms with van der Waals surface area (Å²) in [7, 11) is 0. The summed E-state index contributed by atoms with van der Waals surface area (Å²) in [6.07, 6.45) is 2.21. The summed E-state index contributed by atoms with van der Waals surface area (Å²) in [6.45, 7) is 1.74. The first-order valence-corrected chi connectivity index (χ1v) is 6.26. The van der Waals surface area contributed by atoms with Crippen LogP contribution in [0, 0.1) is 0 Å². The van der Waals surface area contributed by atoms with E-state index in [1.807, 2.05) is 29.2 Å². The van der Waals surface area contributed by atoms with Gasteiger partial charge in [-0.3, -0.25) is 4.79 Å². The van der Waals surface area contributed by atoms with Crippen LogP contribution in [0.2, 0.25) is 0 Å². The van der Waals surface area contributed by atoms with Gasteiger partial charge in [0.05, 0.1) is 0 Å². The Hall–Kier alpha value is -2.03. The van der Waals surface area contributed by atoms with Gasteiger partial charge in [0.1, 0.15) is 5.75 Å². The minimum absolute atomic E-state index is 0.113. The lowest BCUT2D eigenvalue weighted by Crippen LogP contribution is -2.27. The summed E-state index contributed by atoms with van der Waals surface area (Å²) in [4.78, 5) is 14.1. The molecule has 1 saturated heterocycles. The molecule has 92 valence electrons. The molecule has 0 radical (unpaired) electrons. The number of phenolic OH excluding ortho intramolecular Hbond substituents is 1. The van der Waals surface area contributed by atoms with Crippen molar-refractivity contribution < 1.29 is 9.90 Å². The van der Waals surface area contributed by atoms with E-state index < -0.39 is 0 Å². The monoisotopic (exact) mass is 241 g/mol. The Balaban J connectivity index is 1.97. The molecule has 0 atom stereocenters. The summed E-state index contributed by atoms with van der Waals surface area (Å²) >= 11 is 0. The molecule has 18 heavy (non-hydrogen) atoms. The molecule has 1 aliphatic rings. The number of nitrogens with zero attached hydrogens (tertiary/aromatic N) is 1. The Labute approximate surface area is 106 Å². The second kappa shape index (κ2) is 4.33. The number of likely N-dealkylation sites (tertiary alicyclic amines) is 1. The summed E-state index contributed by atoms with van der Waals surface area (Å²) in [5.41, 5.74) is 0.732. The molecule has 1 amide bonds. The number of amides is 1. The molecular formula is C15H15NO2. The largest absolute Gasteiger partial charge is 0.508 e. The van der Waals surface area contributed by atoms with E-state index in [1.165, 1.54) is 0 Å². The molecule has 3 nitrogen and oxygen atoms in total. The molecule has 1 N–H and O–H groups in total. The van der Waals surface area contributed by atoms with Crippen LogP contribution < -0.4 is 0 Å². The highest BCUT2D eigenvalue weighted by atomic mass is 16.3. The van der Waals surface area contributed by atoms with Crippen molar-refractivity contribution in [3.8, 4) is 5.75 Å². The number of rotatable bonds is 1. The van der Waals surface area contributed by atoms with Gasteiger partial charge < -0.3 is 10.0 Å². The van der Waals surface area contributed by atoms with E-state index >= 15 is 0 Å². The molecular weight excluding hydrogens is 226 g/mol. The van der Waals surface area contributed by atoms with Gasteiger partial charge in [-0.05, 0) is 47.9 Å². The number of carbonyl (C=O) groups is 1. The standard InChI is InChI=1S/C15H15NO2/c17-14-6-5-11-9-13(4-3-12(11)10-14)15(18)16-7-1-2-8-16/h3-6,9-10,17H,1-2,7-8H2. The highest BCUT2D eigenvalue weighted by molar-refractivity contribution is 5.98.